The highest BCUT2D eigenvalue weighted by atomic mass is 79.9. The van der Waals surface area contributed by atoms with Gasteiger partial charge >= 0.3 is 0 Å². The molecule has 2 aromatic rings. The summed E-state index contributed by atoms with van der Waals surface area (Å²) < 4.78 is 19.2. The van der Waals surface area contributed by atoms with Crippen molar-refractivity contribution in [3.8, 4) is 11.5 Å². The number of aliphatic hydroxyl groups is 1. The number of nitro groups is 1. The summed E-state index contributed by atoms with van der Waals surface area (Å²) in [6, 6.07) is 7.74. The number of ether oxygens (including phenoxy) is 1. The molecule has 0 aromatic heterocycles. The number of aliphatic hydroxyl groups excluding tert-OH is 1. The van der Waals surface area contributed by atoms with E-state index in [1.165, 1.54) is 36.4 Å². The van der Waals surface area contributed by atoms with Crippen molar-refractivity contribution >= 4 is 21.6 Å². The average molecular weight is 342 g/mol. The molecule has 5 nitrogen and oxygen atoms in total. The minimum atomic E-state index is -0.568. The predicted octanol–water partition coefficient (Wildman–Crippen LogP) is 3.78. The summed E-state index contributed by atoms with van der Waals surface area (Å²) in [5.41, 5.74) is 0.0927. The summed E-state index contributed by atoms with van der Waals surface area (Å²) in [7, 11) is 0. The normalized spacial score (nSPS) is 10.3. The van der Waals surface area contributed by atoms with Gasteiger partial charge in [-0.25, -0.2) is 4.39 Å². The number of benzene rings is 2. The Labute approximate surface area is 121 Å². The topological polar surface area (TPSA) is 72.6 Å². The summed E-state index contributed by atoms with van der Waals surface area (Å²) in [5, 5.41) is 19.9. The summed E-state index contributed by atoms with van der Waals surface area (Å²) in [6.45, 7) is -0.427. The Hall–Kier alpha value is -1.99. The molecular weight excluding hydrogens is 333 g/mol. The molecule has 0 spiro atoms. The molecule has 2 aromatic carbocycles. The Kier molecular flexibility index (Phi) is 4.31. The number of nitrogens with zero attached hydrogens (tertiary/aromatic N) is 1. The first-order valence-corrected chi connectivity index (χ1v) is 6.31. The van der Waals surface area contributed by atoms with Crippen molar-refractivity contribution in [3.05, 3.63) is 62.4 Å². The summed E-state index contributed by atoms with van der Waals surface area (Å²) >= 11 is 3.21. The van der Waals surface area contributed by atoms with E-state index in [0.29, 0.717) is 4.47 Å². The largest absolute Gasteiger partial charge is 0.456 e. The zero-order valence-corrected chi connectivity index (χ0v) is 11.6. The third-order valence-corrected chi connectivity index (χ3v) is 3.19. The molecule has 104 valence electrons. The summed E-state index contributed by atoms with van der Waals surface area (Å²) in [4.78, 5) is 10.1. The van der Waals surface area contributed by atoms with Gasteiger partial charge in [-0.05, 0) is 34.1 Å². The Balaban J connectivity index is 2.38. The number of hydrogen-bond donors (Lipinski definition) is 1. The lowest BCUT2D eigenvalue weighted by molar-refractivity contribution is -0.385. The maximum Gasteiger partial charge on any atom is 0.270 e. The molecule has 20 heavy (non-hydrogen) atoms. The van der Waals surface area contributed by atoms with Crippen LogP contribution in [0.15, 0.2) is 40.9 Å². The van der Waals surface area contributed by atoms with Crippen LogP contribution in [0.1, 0.15) is 5.56 Å². The van der Waals surface area contributed by atoms with Crippen LogP contribution in [0, 0.1) is 15.9 Å². The van der Waals surface area contributed by atoms with E-state index in [4.69, 9.17) is 4.74 Å². The van der Waals surface area contributed by atoms with E-state index < -0.39 is 17.3 Å². The fourth-order valence-electron chi connectivity index (χ4n) is 1.58. The lowest BCUT2D eigenvalue weighted by atomic mass is 10.2. The van der Waals surface area contributed by atoms with E-state index in [0.717, 1.165) is 0 Å². The first-order chi connectivity index (χ1) is 9.51. The minimum Gasteiger partial charge on any atom is -0.456 e. The predicted molar refractivity (Wildman–Crippen MR) is 73.2 cm³/mol. The first-order valence-electron chi connectivity index (χ1n) is 5.52. The second kappa shape index (κ2) is 5.98. The molecule has 0 radical (unpaired) electrons. The van der Waals surface area contributed by atoms with Crippen molar-refractivity contribution in [2.75, 3.05) is 0 Å². The highest BCUT2D eigenvalue weighted by Gasteiger charge is 2.13. The van der Waals surface area contributed by atoms with Gasteiger partial charge in [0.05, 0.1) is 16.0 Å². The van der Waals surface area contributed by atoms with E-state index in [1.54, 1.807) is 0 Å². The fourth-order valence-corrected chi connectivity index (χ4v) is 1.90. The van der Waals surface area contributed by atoms with Crippen molar-refractivity contribution in [2.45, 2.75) is 6.61 Å². The van der Waals surface area contributed by atoms with Crippen LogP contribution in [0.3, 0.4) is 0 Å². The molecule has 0 heterocycles. The number of nitro benzene ring substituents is 1. The van der Waals surface area contributed by atoms with E-state index in [1.807, 2.05) is 0 Å². The van der Waals surface area contributed by atoms with Gasteiger partial charge in [0.2, 0.25) is 0 Å². The molecule has 0 saturated carbocycles. The van der Waals surface area contributed by atoms with Crippen LogP contribution in [0.5, 0.6) is 11.5 Å². The van der Waals surface area contributed by atoms with Crippen LogP contribution in [0.25, 0.3) is 0 Å². The number of non-ortho nitro benzene ring substituents is 1. The van der Waals surface area contributed by atoms with Gasteiger partial charge in [-0.2, -0.15) is 0 Å². The Morgan fingerprint density at radius 3 is 2.65 bits per heavy atom. The number of halogens is 2. The number of rotatable bonds is 4. The first kappa shape index (κ1) is 14.4. The Bertz CT molecular complexity index is 663. The zero-order valence-electron chi connectivity index (χ0n) is 10.0. The van der Waals surface area contributed by atoms with Gasteiger partial charge in [0.15, 0.2) is 0 Å². The number of hydrogen-bond acceptors (Lipinski definition) is 4. The Morgan fingerprint density at radius 1 is 1.25 bits per heavy atom. The highest BCUT2D eigenvalue weighted by Crippen LogP contribution is 2.33. The van der Waals surface area contributed by atoms with Crippen molar-refractivity contribution in [2.24, 2.45) is 0 Å². The third-order valence-electron chi connectivity index (χ3n) is 2.54. The molecule has 0 bridgehead atoms. The van der Waals surface area contributed by atoms with Crippen LogP contribution in [-0.2, 0) is 6.61 Å². The second-order valence-corrected chi connectivity index (χ2v) is 4.74. The van der Waals surface area contributed by atoms with Crippen LogP contribution in [-0.4, -0.2) is 10.0 Å². The van der Waals surface area contributed by atoms with Gasteiger partial charge in [-0.1, -0.05) is 0 Å². The van der Waals surface area contributed by atoms with Crippen LogP contribution < -0.4 is 4.74 Å². The van der Waals surface area contributed by atoms with Gasteiger partial charge in [-0.3, -0.25) is 10.1 Å². The second-order valence-electron chi connectivity index (χ2n) is 3.88. The molecule has 7 heteroatoms. The summed E-state index contributed by atoms with van der Waals surface area (Å²) in [6.07, 6.45) is 0. The molecule has 0 fully saturated rings. The molecule has 0 aliphatic heterocycles. The monoisotopic (exact) mass is 341 g/mol. The molecule has 0 saturated heterocycles. The lowest BCUT2D eigenvalue weighted by Crippen LogP contribution is -1.95. The van der Waals surface area contributed by atoms with Crippen LogP contribution >= 0.6 is 15.9 Å². The SMILES string of the molecule is O=[N+]([O-])c1ccc(Oc2cc(F)ccc2Br)c(CO)c1. The molecular formula is C13H9BrFNO4. The van der Waals surface area contributed by atoms with Crippen LogP contribution in [0.4, 0.5) is 10.1 Å². The van der Waals surface area contributed by atoms with Crippen molar-refractivity contribution in [1.82, 2.24) is 0 Å². The fraction of sp³-hybridized carbons (Fsp3) is 0.0769. The van der Waals surface area contributed by atoms with Gasteiger partial charge < -0.3 is 9.84 Å². The molecule has 1 N–H and O–H groups in total. The van der Waals surface area contributed by atoms with Gasteiger partial charge in [0.25, 0.3) is 5.69 Å². The van der Waals surface area contributed by atoms with Gasteiger partial charge in [0, 0.05) is 23.8 Å². The van der Waals surface area contributed by atoms with Gasteiger partial charge in [-0.15, -0.1) is 0 Å². The molecule has 0 atom stereocenters. The maximum atomic E-state index is 13.2. The molecule has 0 unspecified atom stereocenters. The van der Waals surface area contributed by atoms with Crippen molar-refractivity contribution in [3.63, 3.8) is 0 Å². The molecule has 2 rings (SSSR count). The van der Waals surface area contributed by atoms with E-state index >= 15 is 0 Å². The van der Waals surface area contributed by atoms with Gasteiger partial charge in [0.1, 0.15) is 17.3 Å². The zero-order chi connectivity index (χ0) is 14.7. The average Bonchev–Trinajstić information content (AvgIpc) is 2.43. The van der Waals surface area contributed by atoms with E-state index in [9.17, 15) is 19.6 Å². The van der Waals surface area contributed by atoms with E-state index in [-0.39, 0.29) is 22.7 Å². The molecule has 0 amide bonds. The Morgan fingerprint density at radius 2 is 2.00 bits per heavy atom. The van der Waals surface area contributed by atoms with E-state index in [2.05, 4.69) is 15.9 Å². The highest BCUT2D eigenvalue weighted by molar-refractivity contribution is 9.10. The minimum absolute atomic E-state index is 0.153. The summed E-state index contributed by atoms with van der Waals surface area (Å²) in [5.74, 6) is -0.0337. The smallest absolute Gasteiger partial charge is 0.270 e. The maximum absolute atomic E-state index is 13.2. The van der Waals surface area contributed by atoms with Crippen molar-refractivity contribution in [1.29, 1.82) is 0 Å². The standard InChI is InChI=1S/C13H9BrFNO4/c14-11-3-1-9(15)6-13(11)20-12-4-2-10(16(18)19)5-8(12)7-17/h1-6,17H,7H2. The molecule has 0 aliphatic carbocycles. The lowest BCUT2D eigenvalue weighted by Gasteiger charge is -2.11. The third kappa shape index (κ3) is 3.12. The quantitative estimate of drug-likeness (QED) is 0.678. The van der Waals surface area contributed by atoms with Crippen molar-refractivity contribution < 1.29 is 19.2 Å². The van der Waals surface area contributed by atoms with Crippen LogP contribution in [0.2, 0.25) is 0 Å². The molecule has 0 aliphatic rings.